The topological polar surface area (TPSA) is 84.3 Å². The molecule has 1 aromatic carbocycles. The fourth-order valence-electron chi connectivity index (χ4n) is 4.79. The molecule has 2 aromatic heterocycles. The van der Waals surface area contributed by atoms with Crippen molar-refractivity contribution in [1.29, 1.82) is 0 Å². The van der Waals surface area contributed by atoms with E-state index in [0.717, 1.165) is 41.6 Å². The summed E-state index contributed by atoms with van der Waals surface area (Å²) in [4.78, 5) is 46.7. The molecular weight excluding hydrogens is 468 g/mol. The van der Waals surface area contributed by atoms with Crippen LogP contribution in [0.3, 0.4) is 0 Å². The largest absolute Gasteiger partial charge is 0.325 e. The van der Waals surface area contributed by atoms with Gasteiger partial charge in [-0.15, -0.1) is 11.3 Å². The Labute approximate surface area is 206 Å². The van der Waals surface area contributed by atoms with Gasteiger partial charge in [-0.3, -0.25) is 19.0 Å². The van der Waals surface area contributed by atoms with Gasteiger partial charge in [0, 0.05) is 35.8 Å². The standard InChI is InChI=1S/C25H28N4O3S2/c1-3-28-24(32)22-18-10-9-15(2)12-19(18)34-23(22)27-25(28)33-14-20(30)26-16-6-4-7-17(13-16)29-11-5-8-21(29)31/h4,6-7,13,15H,3,5,8-12,14H2,1-2H3,(H,26,30). The molecule has 1 N–H and O–H groups in total. The van der Waals surface area contributed by atoms with Gasteiger partial charge in [-0.1, -0.05) is 24.8 Å². The van der Waals surface area contributed by atoms with E-state index in [1.54, 1.807) is 20.8 Å². The molecule has 0 bridgehead atoms. The van der Waals surface area contributed by atoms with E-state index in [9.17, 15) is 14.4 Å². The maximum absolute atomic E-state index is 13.3. The summed E-state index contributed by atoms with van der Waals surface area (Å²) in [5, 5.41) is 4.27. The fourth-order valence-corrected chi connectivity index (χ4v) is 7.08. The minimum Gasteiger partial charge on any atom is -0.325 e. The molecule has 3 aromatic rings. The Morgan fingerprint density at radius 1 is 1.29 bits per heavy atom. The van der Waals surface area contributed by atoms with Crippen molar-refractivity contribution in [3.8, 4) is 0 Å². The van der Waals surface area contributed by atoms with Crippen LogP contribution < -0.4 is 15.8 Å². The molecule has 2 aliphatic rings. The molecule has 5 rings (SSSR count). The fraction of sp³-hybridized carbons (Fsp3) is 0.440. The van der Waals surface area contributed by atoms with E-state index >= 15 is 0 Å². The number of carbonyl (C=O) groups is 2. The van der Waals surface area contributed by atoms with Crippen LogP contribution in [0.4, 0.5) is 11.4 Å². The van der Waals surface area contributed by atoms with Crippen LogP contribution in [-0.2, 0) is 29.0 Å². The van der Waals surface area contributed by atoms with Crippen molar-refractivity contribution in [2.24, 2.45) is 5.92 Å². The molecule has 1 aliphatic carbocycles. The molecular formula is C25H28N4O3S2. The van der Waals surface area contributed by atoms with Crippen LogP contribution in [0.25, 0.3) is 10.2 Å². The lowest BCUT2D eigenvalue weighted by molar-refractivity contribution is -0.117. The second-order valence-corrected chi connectivity index (χ2v) is 11.0. The number of thioether (sulfide) groups is 1. The third kappa shape index (κ3) is 4.38. The zero-order valence-electron chi connectivity index (χ0n) is 19.4. The number of nitrogens with one attached hydrogen (secondary N) is 1. The van der Waals surface area contributed by atoms with Crippen LogP contribution in [-0.4, -0.2) is 33.7 Å². The smallest absolute Gasteiger partial charge is 0.263 e. The number of thiophene rings is 1. The van der Waals surface area contributed by atoms with E-state index in [-0.39, 0.29) is 23.1 Å². The summed E-state index contributed by atoms with van der Waals surface area (Å²) < 4.78 is 1.69. The van der Waals surface area contributed by atoms with E-state index in [4.69, 9.17) is 4.98 Å². The Kier molecular flexibility index (Phi) is 6.48. The summed E-state index contributed by atoms with van der Waals surface area (Å²) in [5.74, 6) is 0.718. The highest BCUT2D eigenvalue weighted by Gasteiger charge is 2.25. The second kappa shape index (κ2) is 9.54. The predicted octanol–water partition coefficient (Wildman–Crippen LogP) is 4.46. The quantitative estimate of drug-likeness (QED) is 0.402. The van der Waals surface area contributed by atoms with Gasteiger partial charge in [-0.25, -0.2) is 4.98 Å². The van der Waals surface area contributed by atoms with Crippen molar-refractivity contribution < 1.29 is 9.59 Å². The minimum absolute atomic E-state index is 0.00504. The maximum atomic E-state index is 13.3. The maximum Gasteiger partial charge on any atom is 0.263 e. The van der Waals surface area contributed by atoms with Crippen LogP contribution in [0.15, 0.2) is 34.2 Å². The lowest BCUT2D eigenvalue weighted by atomic mass is 9.89. The van der Waals surface area contributed by atoms with Crippen molar-refractivity contribution in [2.45, 2.75) is 57.7 Å². The molecule has 1 atom stereocenters. The zero-order valence-corrected chi connectivity index (χ0v) is 21.1. The van der Waals surface area contributed by atoms with E-state index < -0.39 is 0 Å². The number of fused-ring (bicyclic) bond motifs is 3. The zero-order chi connectivity index (χ0) is 23.8. The first kappa shape index (κ1) is 23.1. The molecule has 0 radical (unpaired) electrons. The first-order valence-corrected chi connectivity index (χ1v) is 13.6. The Morgan fingerprint density at radius 2 is 2.15 bits per heavy atom. The van der Waals surface area contributed by atoms with Crippen molar-refractivity contribution >= 4 is 56.5 Å². The SMILES string of the molecule is CCn1c(SCC(=O)Nc2cccc(N3CCCC3=O)c2)nc2sc3c(c2c1=O)CCC(C)C3. The number of aryl methyl sites for hydroxylation is 1. The van der Waals surface area contributed by atoms with Gasteiger partial charge in [0.05, 0.1) is 11.1 Å². The van der Waals surface area contributed by atoms with Gasteiger partial charge in [0.1, 0.15) is 4.83 Å². The summed E-state index contributed by atoms with van der Waals surface area (Å²) in [6.45, 7) is 5.41. The number of benzene rings is 1. The normalized spacial score (nSPS) is 17.9. The van der Waals surface area contributed by atoms with E-state index in [1.165, 1.54) is 22.2 Å². The summed E-state index contributed by atoms with van der Waals surface area (Å²) in [5.41, 5.74) is 2.64. The third-order valence-electron chi connectivity index (χ3n) is 6.54. The van der Waals surface area contributed by atoms with E-state index in [0.29, 0.717) is 36.3 Å². The molecule has 0 saturated carbocycles. The number of amides is 2. The average molecular weight is 497 g/mol. The molecule has 1 fully saturated rings. The summed E-state index contributed by atoms with van der Waals surface area (Å²) in [6, 6.07) is 7.37. The summed E-state index contributed by atoms with van der Waals surface area (Å²) >= 11 is 2.92. The van der Waals surface area contributed by atoms with E-state index in [2.05, 4.69) is 12.2 Å². The predicted molar refractivity (Wildman–Crippen MR) is 138 cm³/mol. The van der Waals surface area contributed by atoms with Gasteiger partial charge in [-0.2, -0.15) is 0 Å². The highest BCUT2D eigenvalue weighted by atomic mass is 32.2. The summed E-state index contributed by atoms with van der Waals surface area (Å²) in [7, 11) is 0. The van der Waals surface area contributed by atoms with Crippen molar-refractivity contribution in [1.82, 2.24) is 9.55 Å². The van der Waals surface area contributed by atoms with Gasteiger partial charge < -0.3 is 10.2 Å². The molecule has 7 nitrogen and oxygen atoms in total. The van der Waals surface area contributed by atoms with Gasteiger partial charge >= 0.3 is 0 Å². The van der Waals surface area contributed by atoms with Crippen molar-refractivity contribution in [3.05, 3.63) is 45.1 Å². The number of carbonyl (C=O) groups excluding carboxylic acids is 2. The van der Waals surface area contributed by atoms with Crippen LogP contribution in [0.5, 0.6) is 0 Å². The summed E-state index contributed by atoms with van der Waals surface area (Å²) in [6.07, 6.45) is 4.47. The average Bonchev–Trinajstić information content (AvgIpc) is 3.40. The minimum atomic E-state index is -0.175. The number of hydrogen-bond donors (Lipinski definition) is 1. The Bertz CT molecular complexity index is 1330. The molecule has 1 aliphatic heterocycles. The Balaban J connectivity index is 1.32. The molecule has 3 heterocycles. The first-order chi connectivity index (χ1) is 16.4. The number of rotatable bonds is 6. The highest BCUT2D eigenvalue weighted by molar-refractivity contribution is 7.99. The number of hydrogen-bond acceptors (Lipinski definition) is 6. The Hall–Kier alpha value is -2.65. The lowest BCUT2D eigenvalue weighted by Crippen LogP contribution is -2.24. The Morgan fingerprint density at radius 3 is 2.91 bits per heavy atom. The van der Waals surface area contributed by atoms with Gasteiger partial charge in [-0.05, 0) is 62.3 Å². The monoisotopic (exact) mass is 496 g/mol. The molecule has 0 spiro atoms. The van der Waals surface area contributed by atoms with Crippen LogP contribution >= 0.6 is 23.1 Å². The van der Waals surface area contributed by atoms with Crippen molar-refractivity contribution in [2.75, 3.05) is 22.5 Å². The second-order valence-electron chi connectivity index (χ2n) is 9.01. The third-order valence-corrected chi connectivity index (χ3v) is 8.67. The molecule has 34 heavy (non-hydrogen) atoms. The van der Waals surface area contributed by atoms with Crippen LogP contribution in [0.1, 0.15) is 43.6 Å². The van der Waals surface area contributed by atoms with Crippen LogP contribution in [0.2, 0.25) is 0 Å². The molecule has 1 unspecified atom stereocenters. The first-order valence-electron chi connectivity index (χ1n) is 11.8. The van der Waals surface area contributed by atoms with Crippen LogP contribution in [0, 0.1) is 5.92 Å². The highest BCUT2D eigenvalue weighted by Crippen LogP contribution is 2.36. The van der Waals surface area contributed by atoms with Crippen molar-refractivity contribution in [3.63, 3.8) is 0 Å². The lowest BCUT2D eigenvalue weighted by Gasteiger charge is -2.17. The molecule has 9 heteroatoms. The molecule has 1 saturated heterocycles. The molecule has 178 valence electrons. The molecule has 2 amide bonds. The van der Waals surface area contributed by atoms with E-state index in [1.807, 2.05) is 31.2 Å². The van der Waals surface area contributed by atoms with Gasteiger partial charge in [0.2, 0.25) is 11.8 Å². The number of nitrogens with zero attached hydrogens (tertiary/aromatic N) is 3. The van der Waals surface area contributed by atoms with Gasteiger partial charge in [0.15, 0.2) is 5.16 Å². The number of anilines is 2. The van der Waals surface area contributed by atoms with Gasteiger partial charge in [0.25, 0.3) is 5.56 Å². The number of aromatic nitrogens is 2.